The lowest BCUT2D eigenvalue weighted by Gasteiger charge is -2.28. The average Bonchev–Trinajstić information content (AvgIpc) is 2.72. The molecular formula is C24H24O5. The molecule has 29 heavy (non-hydrogen) atoms. The number of rotatable bonds is 8. The molecular weight excluding hydrogens is 368 g/mol. The zero-order valence-electron chi connectivity index (χ0n) is 16.5. The zero-order chi connectivity index (χ0) is 20.9. The van der Waals surface area contributed by atoms with Gasteiger partial charge in [0.1, 0.15) is 36.0 Å². The highest BCUT2D eigenvalue weighted by molar-refractivity contribution is 5.91. The van der Waals surface area contributed by atoms with Crippen molar-refractivity contribution in [3.8, 4) is 17.2 Å². The van der Waals surface area contributed by atoms with Crippen molar-refractivity contribution in [1.82, 2.24) is 0 Å². The monoisotopic (exact) mass is 392 g/mol. The van der Waals surface area contributed by atoms with Gasteiger partial charge in [-0.05, 0) is 35.9 Å². The number of benzene rings is 3. The van der Waals surface area contributed by atoms with Crippen LogP contribution in [0.1, 0.15) is 35.3 Å². The molecule has 0 saturated heterocycles. The Hall–Kier alpha value is -3.47. The summed E-state index contributed by atoms with van der Waals surface area (Å²) in [5.74, 6) is 0.0801. The molecule has 5 heteroatoms. The van der Waals surface area contributed by atoms with Gasteiger partial charge in [0.25, 0.3) is 0 Å². The molecule has 0 aromatic heterocycles. The molecule has 5 nitrogen and oxygen atoms in total. The van der Waals surface area contributed by atoms with Gasteiger partial charge in [0.05, 0.1) is 0 Å². The number of phenols is 1. The van der Waals surface area contributed by atoms with Crippen molar-refractivity contribution in [3.05, 3.63) is 89.5 Å². The SMILES string of the molecule is CC(C)(c1ccc(O)c(C(=O)O)c1)c1ccccc1OCCOc1ccccc1. The van der Waals surface area contributed by atoms with Crippen LogP contribution in [0.15, 0.2) is 72.8 Å². The van der Waals surface area contributed by atoms with Crippen LogP contribution in [0, 0.1) is 0 Å². The van der Waals surface area contributed by atoms with Gasteiger partial charge in [-0.1, -0.05) is 56.3 Å². The van der Waals surface area contributed by atoms with Crippen molar-refractivity contribution in [2.75, 3.05) is 13.2 Å². The van der Waals surface area contributed by atoms with Crippen LogP contribution in [0.25, 0.3) is 0 Å². The van der Waals surface area contributed by atoms with Crippen LogP contribution >= 0.6 is 0 Å². The van der Waals surface area contributed by atoms with Crippen LogP contribution < -0.4 is 9.47 Å². The molecule has 0 aliphatic carbocycles. The first-order chi connectivity index (χ1) is 13.9. The highest BCUT2D eigenvalue weighted by Crippen LogP contribution is 2.38. The Labute approximate surface area is 170 Å². The van der Waals surface area contributed by atoms with Crippen molar-refractivity contribution in [2.24, 2.45) is 0 Å². The molecule has 3 aromatic carbocycles. The van der Waals surface area contributed by atoms with Crippen molar-refractivity contribution < 1.29 is 24.5 Å². The first-order valence-corrected chi connectivity index (χ1v) is 9.36. The Kier molecular flexibility index (Phi) is 6.07. The number of ether oxygens (including phenoxy) is 2. The van der Waals surface area contributed by atoms with Gasteiger partial charge in [-0.2, -0.15) is 0 Å². The number of hydrogen-bond acceptors (Lipinski definition) is 4. The predicted octanol–water partition coefficient (Wildman–Crippen LogP) is 4.87. The van der Waals surface area contributed by atoms with Crippen LogP contribution in [0.5, 0.6) is 17.2 Å². The first-order valence-electron chi connectivity index (χ1n) is 9.36. The number of carboxylic acids is 1. The standard InChI is InChI=1S/C24H24O5/c1-24(2,17-12-13-21(25)19(16-17)23(26)27)20-10-6-7-11-22(20)29-15-14-28-18-8-4-3-5-9-18/h3-13,16,25H,14-15H2,1-2H3,(H,26,27). The second-order valence-corrected chi connectivity index (χ2v) is 7.17. The maximum atomic E-state index is 11.4. The summed E-state index contributed by atoms with van der Waals surface area (Å²) in [5.41, 5.74) is 1.03. The highest BCUT2D eigenvalue weighted by Gasteiger charge is 2.28. The summed E-state index contributed by atoms with van der Waals surface area (Å²) >= 11 is 0. The fraction of sp³-hybridized carbons (Fsp3) is 0.208. The number of para-hydroxylation sites is 2. The molecule has 3 aromatic rings. The minimum Gasteiger partial charge on any atom is -0.507 e. The lowest BCUT2D eigenvalue weighted by molar-refractivity contribution is 0.0693. The molecule has 0 radical (unpaired) electrons. The molecule has 0 amide bonds. The smallest absolute Gasteiger partial charge is 0.339 e. The summed E-state index contributed by atoms with van der Waals surface area (Å²) in [4.78, 5) is 11.4. The lowest BCUT2D eigenvalue weighted by atomic mass is 9.77. The quantitative estimate of drug-likeness (QED) is 0.535. The summed E-state index contributed by atoms with van der Waals surface area (Å²) in [7, 11) is 0. The number of carbonyl (C=O) groups is 1. The fourth-order valence-corrected chi connectivity index (χ4v) is 3.19. The van der Waals surface area contributed by atoms with E-state index in [0.29, 0.717) is 19.0 Å². The Bertz CT molecular complexity index is 980. The maximum absolute atomic E-state index is 11.4. The van der Waals surface area contributed by atoms with E-state index in [9.17, 15) is 15.0 Å². The number of carboxylic acid groups (broad SMARTS) is 1. The van der Waals surface area contributed by atoms with Crippen LogP contribution in [0.3, 0.4) is 0 Å². The van der Waals surface area contributed by atoms with Gasteiger partial charge in [0.2, 0.25) is 0 Å². The number of aromatic carboxylic acids is 1. The maximum Gasteiger partial charge on any atom is 0.339 e. The van der Waals surface area contributed by atoms with E-state index in [2.05, 4.69) is 0 Å². The van der Waals surface area contributed by atoms with Crippen molar-refractivity contribution in [2.45, 2.75) is 19.3 Å². The first kappa shape index (κ1) is 20.3. The molecule has 2 N–H and O–H groups in total. The van der Waals surface area contributed by atoms with Crippen molar-refractivity contribution in [1.29, 1.82) is 0 Å². The van der Waals surface area contributed by atoms with E-state index in [1.54, 1.807) is 6.07 Å². The molecule has 0 aliphatic heterocycles. The van der Waals surface area contributed by atoms with Gasteiger partial charge in [-0.15, -0.1) is 0 Å². The van der Waals surface area contributed by atoms with E-state index in [1.807, 2.05) is 68.4 Å². The lowest BCUT2D eigenvalue weighted by Crippen LogP contribution is -2.21. The molecule has 0 atom stereocenters. The average molecular weight is 392 g/mol. The van der Waals surface area contributed by atoms with Crippen molar-refractivity contribution >= 4 is 5.97 Å². The molecule has 0 aliphatic rings. The Morgan fingerprint density at radius 2 is 1.55 bits per heavy atom. The minimum atomic E-state index is -1.16. The fourth-order valence-electron chi connectivity index (χ4n) is 3.19. The Morgan fingerprint density at radius 1 is 0.897 bits per heavy atom. The van der Waals surface area contributed by atoms with Gasteiger partial charge in [-0.3, -0.25) is 0 Å². The normalized spacial score (nSPS) is 11.1. The summed E-state index contributed by atoms with van der Waals surface area (Å²) in [6, 6.07) is 21.9. The third-order valence-electron chi connectivity index (χ3n) is 4.86. The van der Waals surface area contributed by atoms with Gasteiger partial charge in [0, 0.05) is 11.0 Å². The number of hydrogen-bond donors (Lipinski definition) is 2. The second-order valence-electron chi connectivity index (χ2n) is 7.17. The minimum absolute atomic E-state index is 0.120. The molecule has 3 rings (SSSR count). The predicted molar refractivity (Wildman–Crippen MR) is 111 cm³/mol. The van der Waals surface area contributed by atoms with Gasteiger partial charge in [0.15, 0.2) is 0 Å². The molecule has 0 bridgehead atoms. The van der Waals surface area contributed by atoms with E-state index in [4.69, 9.17) is 9.47 Å². The van der Waals surface area contributed by atoms with E-state index in [1.165, 1.54) is 12.1 Å². The third kappa shape index (κ3) is 4.69. The molecule has 0 saturated carbocycles. The Balaban J connectivity index is 1.78. The second kappa shape index (κ2) is 8.69. The molecule has 0 unspecified atom stereocenters. The largest absolute Gasteiger partial charge is 0.507 e. The molecule has 0 heterocycles. The zero-order valence-corrected chi connectivity index (χ0v) is 16.5. The summed E-state index contributed by atoms with van der Waals surface area (Å²) in [6.45, 7) is 4.76. The van der Waals surface area contributed by atoms with Crippen LogP contribution in [-0.4, -0.2) is 29.4 Å². The van der Waals surface area contributed by atoms with E-state index in [-0.39, 0.29) is 11.3 Å². The van der Waals surface area contributed by atoms with E-state index < -0.39 is 11.4 Å². The van der Waals surface area contributed by atoms with E-state index >= 15 is 0 Å². The van der Waals surface area contributed by atoms with Gasteiger partial charge < -0.3 is 19.7 Å². The van der Waals surface area contributed by atoms with Gasteiger partial charge in [-0.25, -0.2) is 4.79 Å². The van der Waals surface area contributed by atoms with Gasteiger partial charge >= 0.3 is 5.97 Å². The highest BCUT2D eigenvalue weighted by atomic mass is 16.5. The number of aromatic hydroxyl groups is 1. The molecule has 150 valence electrons. The molecule has 0 fully saturated rings. The van der Waals surface area contributed by atoms with Crippen LogP contribution in [0.4, 0.5) is 0 Å². The summed E-state index contributed by atoms with van der Waals surface area (Å²) < 4.78 is 11.7. The Morgan fingerprint density at radius 3 is 2.28 bits per heavy atom. The summed E-state index contributed by atoms with van der Waals surface area (Å²) in [6.07, 6.45) is 0. The molecule has 0 spiro atoms. The van der Waals surface area contributed by atoms with Crippen molar-refractivity contribution in [3.63, 3.8) is 0 Å². The third-order valence-corrected chi connectivity index (χ3v) is 4.86. The van der Waals surface area contributed by atoms with E-state index in [0.717, 1.165) is 16.9 Å². The van der Waals surface area contributed by atoms with Crippen LogP contribution in [-0.2, 0) is 5.41 Å². The topological polar surface area (TPSA) is 76.0 Å². The van der Waals surface area contributed by atoms with Crippen LogP contribution in [0.2, 0.25) is 0 Å². The summed E-state index contributed by atoms with van der Waals surface area (Å²) in [5, 5.41) is 19.1.